The van der Waals surface area contributed by atoms with Crippen molar-refractivity contribution in [3.63, 3.8) is 0 Å². The van der Waals surface area contributed by atoms with Gasteiger partial charge in [0, 0.05) is 36.6 Å². The van der Waals surface area contributed by atoms with Crippen LogP contribution in [0.3, 0.4) is 0 Å². The third-order valence-corrected chi connectivity index (χ3v) is 4.34. The lowest BCUT2D eigenvalue weighted by molar-refractivity contribution is 0.152. The highest BCUT2D eigenvalue weighted by molar-refractivity contribution is 9.10. The lowest BCUT2D eigenvalue weighted by Gasteiger charge is -2.19. The second-order valence-corrected chi connectivity index (χ2v) is 6.26. The molecule has 1 aliphatic rings. The maximum absolute atomic E-state index is 5.32. The number of hydrogen-bond acceptors (Lipinski definition) is 2. The van der Waals surface area contributed by atoms with Crippen LogP contribution in [0.2, 0.25) is 0 Å². The van der Waals surface area contributed by atoms with Gasteiger partial charge in [-0.05, 0) is 37.5 Å². The van der Waals surface area contributed by atoms with Gasteiger partial charge >= 0.3 is 0 Å². The maximum atomic E-state index is 5.32. The Morgan fingerprint density at radius 3 is 2.81 bits per heavy atom. The minimum Gasteiger partial charge on any atom is -0.380 e. The molecular weight excluding hydrogens is 330 g/mol. The summed E-state index contributed by atoms with van der Waals surface area (Å²) >= 11 is 3.55. The predicted molar refractivity (Wildman–Crippen MR) is 90.9 cm³/mol. The quantitative estimate of drug-likeness (QED) is 0.450. The van der Waals surface area contributed by atoms with Gasteiger partial charge in [0.15, 0.2) is 5.96 Å². The first-order chi connectivity index (χ1) is 10.2. The van der Waals surface area contributed by atoms with Crippen molar-refractivity contribution in [3.8, 4) is 0 Å². The molecular formula is C16H24BrN3O. The Morgan fingerprint density at radius 1 is 1.38 bits per heavy atom. The Kier molecular flexibility index (Phi) is 6.06. The minimum atomic E-state index is 0.265. The summed E-state index contributed by atoms with van der Waals surface area (Å²) in [5.41, 5.74) is 1.66. The molecule has 1 aromatic carbocycles. The fourth-order valence-electron chi connectivity index (χ4n) is 2.40. The molecule has 0 unspecified atom stereocenters. The largest absolute Gasteiger partial charge is 0.380 e. The van der Waals surface area contributed by atoms with Gasteiger partial charge in [0.05, 0.1) is 6.61 Å². The van der Waals surface area contributed by atoms with Crippen LogP contribution in [-0.4, -0.2) is 39.3 Å². The van der Waals surface area contributed by atoms with Crippen molar-refractivity contribution in [2.45, 2.75) is 25.2 Å². The molecule has 0 bridgehead atoms. The summed E-state index contributed by atoms with van der Waals surface area (Å²) < 4.78 is 6.46. The molecule has 0 spiro atoms. The summed E-state index contributed by atoms with van der Waals surface area (Å²) in [5.74, 6) is 0.843. The number of guanidine groups is 1. The smallest absolute Gasteiger partial charge is 0.191 e. The predicted octanol–water partition coefficient (Wildman–Crippen LogP) is 2.68. The normalized spacial score (nSPS) is 16.6. The van der Waals surface area contributed by atoms with Gasteiger partial charge in [0.25, 0.3) is 0 Å². The van der Waals surface area contributed by atoms with Crippen LogP contribution in [0.25, 0.3) is 0 Å². The summed E-state index contributed by atoms with van der Waals surface area (Å²) in [6.07, 6.45) is 2.46. The molecule has 0 radical (unpaired) electrons. The molecule has 1 aliphatic carbocycles. The summed E-state index contributed by atoms with van der Waals surface area (Å²) in [7, 11) is 1.80. The summed E-state index contributed by atoms with van der Waals surface area (Å²) in [6.45, 7) is 5.14. The lowest BCUT2D eigenvalue weighted by atomic mass is 9.96. The van der Waals surface area contributed by atoms with E-state index in [9.17, 15) is 0 Å². The Morgan fingerprint density at radius 2 is 2.19 bits per heavy atom. The van der Waals surface area contributed by atoms with E-state index in [1.54, 1.807) is 7.05 Å². The number of rotatable bonds is 7. The van der Waals surface area contributed by atoms with Crippen molar-refractivity contribution in [2.24, 2.45) is 4.99 Å². The first-order valence-corrected chi connectivity index (χ1v) is 8.28. The molecule has 0 atom stereocenters. The zero-order valence-electron chi connectivity index (χ0n) is 12.8. The van der Waals surface area contributed by atoms with E-state index in [2.05, 4.69) is 55.8 Å². The van der Waals surface area contributed by atoms with E-state index in [-0.39, 0.29) is 5.41 Å². The van der Waals surface area contributed by atoms with E-state index < -0.39 is 0 Å². The molecule has 116 valence electrons. The molecule has 1 saturated carbocycles. The highest BCUT2D eigenvalue weighted by atomic mass is 79.9. The molecule has 4 nitrogen and oxygen atoms in total. The van der Waals surface area contributed by atoms with Crippen LogP contribution in [0.5, 0.6) is 0 Å². The molecule has 1 aromatic rings. The minimum absolute atomic E-state index is 0.265. The Balaban J connectivity index is 1.84. The van der Waals surface area contributed by atoms with Crippen LogP contribution < -0.4 is 10.6 Å². The topological polar surface area (TPSA) is 45.6 Å². The molecule has 0 aromatic heterocycles. The third kappa shape index (κ3) is 4.71. The van der Waals surface area contributed by atoms with Gasteiger partial charge < -0.3 is 15.4 Å². The van der Waals surface area contributed by atoms with Crippen LogP contribution >= 0.6 is 15.9 Å². The molecule has 0 aliphatic heterocycles. The van der Waals surface area contributed by atoms with Crippen molar-refractivity contribution >= 4 is 21.9 Å². The third-order valence-electron chi connectivity index (χ3n) is 3.85. The number of halogens is 1. The molecule has 21 heavy (non-hydrogen) atoms. The fraction of sp³-hybridized carbons (Fsp3) is 0.562. The fourth-order valence-corrected chi connectivity index (χ4v) is 2.80. The van der Waals surface area contributed by atoms with Crippen molar-refractivity contribution < 1.29 is 4.74 Å². The summed E-state index contributed by atoms with van der Waals surface area (Å²) in [5, 5.41) is 6.71. The van der Waals surface area contributed by atoms with Crippen molar-refractivity contribution in [1.82, 2.24) is 10.6 Å². The Labute approximate surface area is 135 Å². The van der Waals surface area contributed by atoms with Crippen LogP contribution in [0.15, 0.2) is 33.7 Å². The monoisotopic (exact) mass is 353 g/mol. The van der Waals surface area contributed by atoms with Gasteiger partial charge in [0.1, 0.15) is 0 Å². The molecule has 1 fully saturated rings. The van der Waals surface area contributed by atoms with E-state index in [0.717, 1.165) is 30.1 Å². The maximum Gasteiger partial charge on any atom is 0.191 e. The Bertz CT molecular complexity index is 486. The van der Waals surface area contributed by atoms with E-state index in [1.807, 2.05) is 6.92 Å². The number of benzene rings is 1. The Hall–Kier alpha value is -1.07. The van der Waals surface area contributed by atoms with Gasteiger partial charge in [0.2, 0.25) is 0 Å². The van der Waals surface area contributed by atoms with Gasteiger partial charge in [-0.3, -0.25) is 4.99 Å². The van der Waals surface area contributed by atoms with Crippen molar-refractivity contribution in [1.29, 1.82) is 0 Å². The van der Waals surface area contributed by atoms with Crippen LogP contribution in [-0.2, 0) is 10.2 Å². The highest BCUT2D eigenvalue weighted by Crippen LogP contribution is 2.48. The SMILES string of the molecule is CCOCCNC(=NC)NCC1(c2cccc(Br)c2)CC1. The molecule has 2 N–H and O–H groups in total. The second kappa shape index (κ2) is 7.80. The highest BCUT2D eigenvalue weighted by Gasteiger charge is 2.44. The average Bonchev–Trinajstić information content (AvgIpc) is 3.28. The number of nitrogens with one attached hydrogen (secondary N) is 2. The van der Waals surface area contributed by atoms with Gasteiger partial charge in [-0.2, -0.15) is 0 Å². The zero-order chi connectivity index (χ0) is 15.1. The number of hydrogen-bond donors (Lipinski definition) is 2. The number of nitrogens with zero attached hydrogens (tertiary/aromatic N) is 1. The molecule has 0 amide bonds. The summed E-state index contributed by atoms with van der Waals surface area (Å²) in [4.78, 5) is 4.26. The average molecular weight is 354 g/mol. The van der Waals surface area contributed by atoms with Gasteiger partial charge in [-0.1, -0.05) is 28.1 Å². The second-order valence-electron chi connectivity index (χ2n) is 5.34. The van der Waals surface area contributed by atoms with Crippen LogP contribution in [0.1, 0.15) is 25.3 Å². The number of ether oxygens (including phenoxy) is 1. The van der Waals surface area contributed by atoms with Crippen molar-refractivity contribution in [2.75, 3.05) is 33.4 Å². The number of aliphatic imine (C=N–C) groups is 1. The molecule has 0 saturated heterocycles. The molecule has 0 heterocycles. The van der Waals surface area contributed by atoms with E-state index in [4.69, 9.17) is 4.74 Å². The zero-order valence-corrected chi connectivity index (χ0v) is 14.4. The van der Waals surface area contributed by atoms with Gasteiger partial charge in [-0.25, -0.2) is 0 Å². The standard InChI is InChI=1S/C16H24BrN3O/c1-3-21-10-9-19-15(18-2)20-12-16(7-8-16)13-5-4-6-14(17)11-13/h4-6,11H,3,7-10,12H2,1-2H3,(H2,18,19,20). The van der Waals surface area contributed by atoms with Gasteiger partial charge in [-0.15, -0.1) is 0 Å². The van der Waals surface area contributed by atoms with E-state index in [0.29, 0.717) is 6.61 Å². The molecule has 2 rings (SSSR count). The van der Waals surface area contributed by atoms with E-state index >= 15 is 0 Å². The first-order valence-electron chi connectivity index (χ1n) is 7.48. The summed E-state index contributed by atoms with van der Waals surface area (Å²) in [6, 6.07) is 8.61. The van der Waals surface area contributed by atoms with Crippen LogP contribution in [0, 0.1) is 0 Å². The van der Waals surface area contributed by atoms with E-state index in [1.165, 1.54) is 18.4 Å². The van der Waals surface area contributed by atoms with Crippen LogP contribution in [0.4, 0.5) is 0 Å². The lowest BCUT2D eigenvalue weighted by Crippen LogP contribution is -2.42. The van der Waals surface area contributed by atoms with Crippen molar-refractivity contribution in [3.05, 3.63) is 34.3 Å². The first kappa shape index (κ1) is 16.3. The molecule has 5 heteroatoms.